The van der Waals surface area contributed by atoms with Gasteiger partial charge in [0.25, 0.3) is 11.8 Å². The monoisotopic (exact) mass is 479 g/mol. The Kier molecular flexibility index (Phi) is 7.09. The van der Waals surface area contributed by atoms with Crippen LogP contribution in [-0.4, -0.2) is 36.5 Å². The van der Waals surface area contributed by atoms with E-state index in [1.807, 2.05) is 0 Å². The highest BCUT2D eigenvalue weighted by Gasteiger charge is 2.22. The molecule has 11 heteroatoms. The van der Waals surface area contributed by atoms with Crippen molar-refractivity contribution in [2.75, 3.05) is 11.1 Å². The lowest BCUT2D eigenvalue weighted by atomic mass is 10.1. The molecule has 0 saturated heterocycles. The first-order valence-electron chi connectivity index (χ1n) is 9.17. The fourth-order valence-electron chi connectivity index (χ4n) is 2.91. The molecule has 0 unspecified atom stereocenters. The molecule has 2 amide bonds. The summed E-state index contributed by atoms with van der Waals surface area (Å²) in [6.07, 6.45) is 1.52. The van der Waals surface area contributed by atoms with Crippen LogP contribution in [0.3, 0.4) is 0 Å². The zero-order valence-corrected chi connectivity index (χ0v) is 19.0. The van der Waals surface area contributed by atoms with Crippen LogP contribution in [0.1, 0.15) is 39.0 Å². The van der Waals surface area contributed by atoms with Crippen LogP contribution in [-0.2, 0) is 16.6 Å². The molecule has 0 bridgehead atoms. The fraction of sp³-hybridized carbons (Fsp3) is 0.200. The predicted octanol–water partition coefficient (Wildman–Crippen LogP) is 3.50. The van der Waals surface area contributed by atoms with E-state index < -0.39 is 22.6 Å². The van der Waals surface area contributed by atoms with Crippen LogP contribution in [0.4, 0.5) is 5.69 Å². The highest BCUT2D eigenvalue weighted by Crippen LogP contribution is 2.27. The van der Waals surface area contributed by atoms with E-state index in [-0.39, 0.29) is 33.5 Å². The number of primary amides is 1. The van der Waals surface area contributed by atoms with Crippen molar-refractivity contribution in [3.8, 4) is 5.82 Å². The van der Waals surface area contributed by atoms with Gasteiger partial charge in [-0.1, -0.05) is 30.1 Å². The quantitative estimate of drug-likeness (QED) is 0.536. The van der Waals surface area contributed by atoms with E-state index in [1.54, 1.807) is 32.0 Å². The number of carbonyl (C=O) groups excluding carboxylic acids is 2. The molecule has 0 saturated carbocycles. The van der Waals surface area contributed by atoms with Gasteiger partial charge in [0, 0.05) is 27.8 Å². The standard InChI is InChI=1S/C20H19Cl2N5O3S/c1-3-31(30)10-13-9-16(27(26-13)19-15(22)5-4-6-24-19)20(29)25-17-11(2)7-12(21)8-14(17)18(23)28/h4-9H,3,10H2,1-2H3,(H2,23,28)(H,25,29)/t31-/m1/s1. The summed E-state index contributed by atoms with van der Waals surface area (Å²) in [6, 6.07) is 7.77. The van der Waals surface area contributed by atoms with Crippen LogP contribution < -0.4 is 11.1 Å². The first-order valence-corrected chi connectivity index (χ1v) is 11.4. The zero-order chi connectivity index (χ0) is 22.7. The first-order chi connectivity index (χ1) is 14.7. The Morgan fingerprint density at radius 3 is 2.65 bits per heavy atom. The highest BCUT2D eigenvalue weighted by atomic mass is 35.5. The second-order valence-electron chi connectivity index (χ2n) is 6.58. The largest absolute Gasteiger partial charge is 0.366 e. The van der Waals surface area contributed by atoms with Crippen molar-refractivity contribution in [2.24, 2.45) is 5.73 Å². The number of hydrogen-bond acceptors (Lipinski definition) is 5. The topological polar surface area (TPSA) is 120 Å². The van der Waals surface area contributed by atoms with E-state index in [4.69, 9.17) is 28.9 Å². The van der Waals surface area contributed by atoms with Gasteiger partial charge in [-0.05, 0) is 42.8 Å². The SMILES string of the molecule is CC[S@@](=O)Cc1cc(C(=O)Nc2c(C)cc(Cl)cc2C(N)=O)n(-c2ncccc2Cl)n1. The van der Waals surface area contributed by atoms with E-state index in [1.165, 1.54) is 23.0 Å². The van der Waals surface area contributed by atoms with Crippen LogP contribution in [0.25, 0.3) is 5.82 Å². The second kappa shape index (κ2) is 9.59. The maximum atomic E-state index is 13.2. The molecule has 1 aromatic carbocycles. The Morgan fingerprint density at radius 2 is 2.00 bits per heavy atom. The van der Waals surface area contributed by atoms with Crippen molar-refractivity contribution in [2.45, 2.75) is 19.6 Å². The minimum absolute atomic E-state index is 0.0765. The van der Waals surface area contributed by atoms with Gasteiger partial charge in [0.05, 0.1) is 27.7 Å². The molecule has 2 heterocycles. The van der Waals surface area contributed by atoms with E-state index in [2.05, 4.69) is 15.4 Å². The molecule has 0 radical (unpaired) electrons. The number of halogens is 2. The van der Waals surface area contributed by atoms with Gasteiger partial charge < -0.3 is 11.1 Å². The van der Waals surface area contributed by atoms with E-state index in [0.29, 0.717) is 22.0 Å². The van der Waals surface area contributed by atoms with Crippen LogP contribution in [0.15, 0.2) is 36.5 Å². The summed E-state index contributed by atoms with van der Waals surface area (Å²) in [5.41, 5.74) is 6.87. The molecule has 2 aromatic heterocycles. The lowest BCUT2D eigenvalue weighted by Crippen LogP contribution is -2.21. The molecule has 8 nitrogen and oxygen atoms in total. The van der Waals surface area contributed by atoms with Crippen LogP contribution in [0.5, 0.6) is 0 Å². The maximum absolute atomic E-state index is 13.2. The maximum Gasteiger partial charge on any atom is 0.274 e. The number of benzene rings is 1. The van der Waals surface area contributed by atoms with Gasteiger partial charge in [-0.2, -0.15) is 5.10 Å². The number of nitrogens with zero attached hydrogens (tertiary/aromatic N) is 3. The van der Waals surface area contributed by atoms with Gasteiger partial charge in [0.1, 0.15) is 5.69 Å². The van der Waals surface area contributed by atoms with Gasteiger partial charge in [0.2, 0.25) is 0 Å². The predicted molar refractivity (Wildman–Crippen MR) is 121 cm³/mol. The Hall–Kier alpha value is -2.75. The summed E-state index contributed by atoms with van der Waals surface area (Å²) >= 11 is 12.3. The van der Waals surface area contributed by atoms with E-state index in [9.17, 15) is 13.8 Å². The minimum atomic E-state index is -1.14. The summed E-state index contributed by atoms with van der Waals surface area (Å²) < 4.78 is 13.3. The molecule has 31 heavy (non-hydrogen) atoms. The van der Waals surface area contributed by atoms with Gasteiger partial charge >= 0.3 is 0 Å². The second-order valence-corrected chi connectivity index (χ2v) is 9.17. The van der Waals surface area contributed by atoms with Gasteiger partial charge in [-0.15, -0.1) is 0 Å². The van der Waals surface area contributed by atoms with Gasteiger partial charge in [0.15, 0.2) is 5.82 Å². The average molecular weight is 480 g/mol. The third-order valence-corrected chi connectivity index (χ3v) is 6.14. The summed E-state index contributed by atoms with van der Waals surface area (Å²) in [7, 11) is -1.14. The Labute approximate surface area is 191 Å². The highest BCUT2D eigenvalue weighted by molar-refractivity contribution is 7.84. The number of nitrogens with two attached hydrogens (primary N) is 1. The number of anilines is 1. The fourth-order valence-corrected chi connectivity index (χ4v) is 4.05. The molecule has 0 aliphatic rings. The molecule has 0 aliphatic heterocycles. The number of amides is 2. The minimum Gasteiger partial charge on any atom is -0.366 e. The Balaban J connectivity index is 2.08. The number of aromatic nitrogens is 3. The van der Waals surface area contributed by atoms with Crippen molar-refractivity contribution in [3.05, 3.63) is 69.1 Å². The molecule has 3 aromatic rings. The third kappa shape index (κ3) is 5.12. The molecule has 3 rings (SSSR count). The van der Waals surface area contributed by atoms with Crippen molar-refractivity contribution < 1.29 is 13.8 Å². The molecular weight excluding hydrogens is 461 g/mol. The average Bonchev–Trinajstić information content (AvgIpc) is 3.13. The molecular formula is C20H19Cl2N5O3S. The summed E-state index contributed by atoms with van der Waals surface area (Å²) in [5.74, 6) is -0.450. The lowest BCUT2D eigenvalue weighted by molar-refractivity contribution is 0.100. The molecule has 0 fully saturated rings. The van der Waals surface area contributed by atoms with Gasteiger partial charge in [-0.3, -0.25) is 13.8 Å². The van der Waals surface area contributed by atoms with E-state index in [0.717, 1.165) is 0 Å². The molecule has 1 atom stereocenters. The number of aryl methyl sites for hydroxylation is 1. The van der Waals surface area contributed by atoms with Crippen LogP contribution >= 0.6 is 23.2 Å². The number of nitrogens with one attached hydrogen (secondary N) is 1. The summed E-state index contributed by atoms with van der Waals surface area (Å²) in [4.78, 5) is 29.3. The van der Waals surface area contributed by atoms with Crippen molar-refractivity contribution in [1.29, 1.82) is 0 Å². The van der Waals surface area contributed by atoms with Crippen LogP contribution in [0.2, 0.25) is 10.0 Å². The van der Waals surface area contributed by atoms with Crippen molar-refractivity contribution in [3.63, 3.8) is 0 Å². The first kappa shape index (κ1) is 22.9. The smallest absolute Gasteiger partial charge is 0.274 e. The van der Waals surface area contributed by atoms with Crippen molar-refractivity contribution >= 4 is 51.5 Å². The van der Waals surface area contributed by atoms with Gasteiger partial charge in [-0.25, -0.2) is 9.67 Å². The number of rotatable bonds is 7. The zero-order valence-electron chi connectivity index (χ0n) is 16.7. The molecule has 162 valence electrons. The summed E-state index contributed by atoms with van der Waals surface area (Å²) in [6.45, 7) is 3.49. The van der Waals surface area contributed by atoms with Crippen molar-refractivity contribution in [1.82, 2.24) is 14.8 Å². The lowest BCUT2D eigenvalue weighted by Gasteiger charge is -2.13. The normalized spacial score (nSPS) is 11.9. The molecule has 3 N–H and O–H groups in total. The Bertz CT molecular complexity index is 1200. The van der Waals surface area contributed by atoms with E-state index >= 15 is 0 Å². The number of carbonyl (C=O) groups is 2. The Morgan fingerprint density at radius 1 is 1.26 bits per heavy atom. The van der Waals surface area contributed by atoms with Crippen LogP contribution in [0, 0.1) is 6.92 Å². The molecule has 0 aliphatic carbocycles. The number of hydrogen-bond donors (Lipinski definition) is 2. The third-order valence-electron chi connectivity index (χ3n) is 4.37. The molecule has 0 spiro atoms. The summed E-state index contributed by atoms with van der Waals surface area (Å²) in [5, 5.41) is 7.70. The number of pyridine rings is 1.